The fraction of sp³-hybridized carbons (Fsp3) is 0.520. The molecule has 3 heterocycles. The second-order valence-corrected chi connectivity index (χ2v) is 10.5. The monoisotopic (exact) mass is 512 g/mol. The molecule has 0 bridgehead atoms. The van der Waals surface area contributed by atoms with Gasteiger partial charge in [-0.05, 0) is 43.1 Å². The second-order valence-electron chi connectivity index (χ2n) is 10.5. The molecule has 37 heavy (non-hydrogen) atoms. The third-order valence-electron chi connectivity index (χ3n) is 6.50. The normalized spacial score (nSPS) is 22.0. The van der Waals surface area contributed by atoms with E-state index in [4.69, 9.17) is 10.5 Å². The van der Waals surface area contributed by atoms with E-state index in [9.17, 15) is 15.0 Å². The van der Waals surface area contributed by atoms with Crippen LogP contribution in [0.5, 0.6) is 0 Å². The van der Waals surface area contributed by atoms with Crippen molar-refractivity contribution in [2.45, 2.75) is 57.1 Å². The number of anilines is 2. The number of ether oxygens (including phenoxy) is 1. The highest BCUT2D eigenvalue weighted by Crippen LogP contribution is 2.32. The third-order valence-corrected chi connectivity index (χ3v) is 6.50. The van der Waals surface area contributed by atoms with Crippen LogP contribution in [0.2, 0.25) is 0 Å². The van der Waals surface area contributed by atoms with Crippen molar-refractivity contribution in [3.63, 3.8) is 0 Å². The van der Waals surface area contributed by atoms with Gasteiger partial charge in [-0.2, -0.15) is 0 Å². The van der Waals surface area contributed by atoms with Crippen LogP contribution in [0.1, 0.15) is 39.0 Å². The number of nitrogens with one attached hydrogen (secondary N) is 2. The summed E-state index contributed by atoms with van der Waals surface area (Å²) >= 11 is 0. The minimum absolute atomic E-state index is 0.0583. The number of imidazole rings is 1. The average Bonchev–Trinajstić information content (AvgIpc) is 3.39. The molecule has 4 atom stereocenters. The minimum atomic E-state index is -1.16. The molecule has 1 aliphatic heterocycles. The van der Waals surface area contributed by atoms with Crippen molar-refractivity contribution in [2.24, 2.45) is 0 Å². The Bertz CT molecular complexity index is 1210. The summed E-state index contributed by atoms with van der Waals surface area (Å²) < 4.78 is 7.55. The molecule has 0 aliphatic carbocycles. The highest BCUT2D eigenvalue weighted by atomic mass is 16.6. The number of nitrogens with two attached hydrogens (primary N) is 1. The van der Waals surface area contributed by atoms with E-state index < -0.39 is 24.5 Å². The van der Waals surface area contributed by atoms with Gasteiger partial charge in [-0.1, -0.05) is 32.9 Å². The fourth-order valence-electron chi connectivity index (χ4n) is 4.34. The lowest BCUT2D eigenvalue weighted by Crippen LogP contribution is -2.39. The number of aromatic nitrogens is 4. The Kier molecular flexibility index (Phi) is 7.93. The Morgan fingerprint density at radius 2 is 1.89 bits per heavy atom. The van der Waals surface area contributed by atoms with Gasteiger partial charge in [0.25, 0.3) is 0 Å². The molecule has 2 amide bonds. The van der Waals surface area contributed by atoms with Crippen LogP contribution in [0.25, 0.3) is 11.2 Å². The molecule has 6 N–H and O–H groups in total. The Labute approximate surface area is 215 Å². The van der Waals surface area contributed by atoms with Crippen molar-refractivity contribution in [1.82, 2.24) is 29.7 Å². The smallest absolute Gasteiger partial charge is 0.319 e. The van der Waals surface area contributed by atoms with Crippen LogP contribution < -0.4 is 16.4 Å². The molecule has 1 aromatic carbocycles. The van der Waals surface area contributed by atoms with Gasteiger partial charge in [0.2, 0.25) is 0 Å². The summed E-state index contributed by atoms with van der Waals surface area (Å²) in [6.45, 7) is 7.97. The molecular formula is C25H36N8O4. The lowest BCUT2D eigenvalue weighted by Gasteiger charge is -2.22. The molecule has 3 aromatic rings. The average molecular weight is 513 g/mol. The number of rotatable bonds is 8. The summed E-state index contributed by atoms with van der Waals surface area (Å²) in [6, 6.07) is 7.57. The van der Waals surface area contributed by atoms with E-state index in [0.717, 1.165) is 5.69 Å². The summed E-state index contributed by atoms with van der Waals surface area (Å²) in [4.78, 5) is 26.5. The fourth-order valence-corrected chi connectivity index (χ4v) is 4.34. The van der Waals surface area contributed by atoms with Crippen molar-refractivity contribution in [2.75, 3.05) is 37.7 Å². The Hall–Kier alpha value is -3.32. The molecular weight excluding hydrogens is 476 g/mol. The van der Waals surface area contributed by atoms with Crippen LogP contribution in [-0.2, 0) is 10.2 Å². The number of nitrogens with zero attached hydrogens (tertiary/aromatic N) is 5. The number of nitrogen functional groups attached to an aromatic ring is 1. The lowest BCUT2D eigenvalue weighted by molar-refractivity contribution is -0.0421. The van der Waals surface area contributed by atoms with Crippen molar-refractivity contribution in [1.29, 1.82) is 0 Å². The number of aliphatic hydroxyl groups excluding tert-OH is 2. The Morgan fingerprint density at radius 3 is 2.59 bits per heavy atom. The van der Waals surface area contributed by atoms with Crippen LogP contribution in [0.3, 0.4) is 0 Å². The molecule has 1 saturated heterocycles. The second kappa shape index (κ2) is 11.0. The van der Waals surface area contributed by atoms with E-state index in [1.165, 1.54) is 18.2 Å². The number of urea groups is 1. The molecule has 2 aromatic heterocycles. The maximum Gasteiger partial charge on any atom is 0.319 e. The number of benzene rings is 1. The summed E-state index contributed by atoms with van der Waals surface area (Å²) in [7, 11) is 1.90. The molecule has 0 radical (unpaired) electrons. The number of hydrogen-bond acceptors (Lipinski definition) is 9. The number of amides is 2. The Morgan fingerprint density at radius 1 is 1.16 bits per heavy atom. The first-order valence-electron chi connectivity index (χ1n) is 12.3. The highest BCUT2D eigenvalue weighted by molar-refractivity contribution is 5.89. The van der Waals surface area contributed by atoms with Gasteiger partial charge in [-0.25, -0.2) is 19.7 Å². The summed E-state index contributed by atoms with van der Waals surface area (Å²) in [5.74, 6) is 0.230. The van der Waals surface area contributed by atoms with E-state index in [0.29, 0.717) is 37.2 Å². The van der Waals surface area contributed by atoms with Crippen molar-refractivity contribution < 1.29 is 19.7 Å². The third kappa shape index (κ3) is 6.16. The lowest BCUT2D eigenvalue weighted by atomic mass is 9.87. The maximum absolute atomic E-state index is 12.2. The van der Waals surface area contributed by atoms with E-state index in [-0.39, 0.29) is 17.3 Å². The molecule has 0 spiro atoms. The van der Waals surface area contributed by atoms with E-state index in [1.807, 2.05) is 36.2 Å². The van der Waals surface area contributed by atoms with E-state index in [2.05, 4.69) is 46.4 Å². The number of likely N-dealkylation sites (N-methyl/N-ethyl adjacent to an activating group) is 1. The predicted octanol–water partition coefficient (Wildman–Crippen LogP) is 1.47. The van der Waals surface area contributed by atoms with Gasteiger partial charge in [-0.3, -0.25) is 4.57 Å². The summed E-state index contributed by atoms with van der Waals surface area (Å²) in [5.41, 5.74) is 8.67. The zero-order chi connectivity index (χ0) is 26.7. The van der Waals surface area contributed by atoms with Gasteiger partial charge in [0.1, 0.15) is 30.2 Å². The molecule has 1 unspecified atom stereocenters. The first-order chi connectivity index (χ1) is 17.5. The zero-order valence-electron chi connectivity index (χ0n) is 21.6. The number of aliphatic hydroxyl groups is 2. The highest BCUT2D eigenvalue weighted by Gasteiger charge is 2.44. The van der Waals surface area contributed by atoms with Crippen LogP contribution in [0, 0.1) is 0 Å². The number of hydrogen-bond donors (Lipinski definition) is 5. The van der Waals surface area contributed by atoms with Gasteiger partial charge >= 0.3 is 6.03 Å². The topological polar surface area (TPSA) is 164 Å². The van der Waals surface area contributed by atoms with Crippen molar-refractivity contribution in [3.8, 4) is 0 Å². The van der Waals surface area contributed by atoms with Gasteiger partial charge in [0, 0.05) is 18.8 Å². The van der Waals surface area contributed by atoms with Crippen LogP contribution >= 0.6 is 0 Å². The van der Waals surface area contributed by atoms with Gasteiger partial charge in [0.15, 0.2) is 17.7 Å². The van der Waals surface area contributed by atoms with Gasteiger partial charge in [-0.15, -0.1) is 0 Å². The molecule has 12 nitrogen and oxygen atoms in total. The largest absolute Gasteiger partial charge is 0.387 e. The molecule has 1 aliphatic rings. The van der Waals surface area contributed by atoms with Crippen LogP contribution in [0.4, 0.5) is 16.3 Å². The quantitative estimate of drug-likeness (QED) is 0.281. The van der Waals surface area contributed by atoms with Crippen LogP contribution in [-0.4, -0.2) is 85.7 Å². The van der Waals surface area contributed by atoms with Gasteiger partial charge < -0.3 is 36.2 Å². The number of carbonyl (C=O) groups is 1. The molecule has 0 saturated carbocycles. The van der Waals surface area contributed by atoms with Crippen molar-refractivity contribution in [3.05, 3.63) is 42.5 Å². The van der Waals surface area contributed by atoms with E-state index >= 15 is 0 Å². The summed E-state index contributed by atoms with van der Waals surface area (Å²) in [6.07, 6.45) is -0.227. The predicted molar refractivity (Wildman–Crippen MR) is 140 cm³/mol. The molecule has 4 rings (SSSR count). The zero-order valence-corrected chi connectivity index (χ0v) is 21.6. The number of fused-ring (bicyclic) bond motifs is 1. The first-order valence-corrected chi connectivity index (χ1v) is 12.3. The standard InChI is InChI=1S/C25H36N8O4/c1-25(2,3)15-6-8-16(9-7-15)31-24(36)27-10-5-11-32(4)12-17-19(34)20(35)23(37-17)33-14-30-18-21(26)28-13-29-22(18)33/h6-9,13-14,17,19-20,23,34-35H,5,10-12H2,1-4H3,(H2,26,28,29)(H2,27,31,36)/t17?,19-,20-,23+/m1/s1. The minimum Gasteiger partial charge on any atom is -0.387 e. The van der Waals surface area contributed by atoms with Crippen LogP contribution in [0.15, 0.2) is 36.9 Å². The summed E-state index contributed by atoms with van der Waals surface area (Å²) in [5, 5.41) is 26.9. The Balaban J connectivity index is 1.21. The van der Waals surface area contributed by atoms with Crippen molar-refractivity contribution >= 4 is 28.7 Å². The number of carbonyl (C=O) groups excluding carboxylic acids is 1. The van der Waals surface area contributed by atoms with E-state index in [1.54, 1.807) is 4.57 Å². The molecule has 1 fully saturated rings. The molecule has 12 heteroatoms. The molecule has 200 valence electrons. The SMILES string of the molecule is CN(CCCNC(=O)Nc1ccc(C(C)(C)C)cc1)CC1O[C@H](n2cnc3c(N)ncnc32)[C@H](O)[C@@H]1O. The van der Waals surface area contributed by atoms with Gasteiger partial charge in [0.05, 0.1) is 6.33 Å². The first kappa shape index (κ1) is 26.7. The maximum atomic E-state index is 12.2.